The number of likely N-dealkylation sites (tertiary alicyclic amines) is 1. The molecule has 0 bridgehead atoms. The van der Waals surface area contributed by atoms with Crippen molar-refractivity contribution < 1.29 is 9.53 Å². The van der Waals surface area contributed by atoms with E-state index in [1.54, 1.807) is 13.3 Å². The minimum Gasteiger partial charge on any atom is -0.461 e. The van der Waals surface area contributed by atoms with Crippen LogP contribution in [-0.2, 0) is 4.74 Å². The molecule has 1 fully saturated rings. The van der Waals surface area contributed by atoms with Gasteiger partial charge in [-0.05, 0) is 32.9 Å². The predicted octanol–water partition coefficient (Wildman–Crippen LogP) is 1.15. The first-order valence-electron chi connectivity index (χ1n) is 6.72. The van der Waals surface area contributed by atoms with Gasteiger partial charge in [0.1, 0.15) is 5.82 Å². The molecule has 0 aliphatic carbocycles. The summed E-state index contributed by atoms with van der Waals surface area (Å²) in [6, 6.07) is 0.298. The number of esters is 1. The fraction of sp³-hybridized carbons (Fsp3) is 0.692. The molecule has 1 aliphatic rings. The van der Waals surface area contributed by atoms with Gasteiger partial charge in [-0.25, -0.2) is 9.78 Å². The van der Waals surface area contributed by atoms with Crippen LogP contribution in [0.1, 0.15) is 36.8 Å². The highest BCUT2D eigenvalue weighted by atomic mass is 16.5. The van der Waals surface area contributed by atoms with Gasteiger partial charge in [0.15, 0.2) is 5.69 Å². The fourth-order valence-electron chi connectivity index (χ4n) is 2.75. The summed E-state index contributed by atoms with van der Waals surface area (Å²) in [6.45, 7) is 6.35. The van der Waals surface area contributed by atoms with Crippen molar-refractivity contribution in [2.75, 3.05) is 32.5 Å². The maximum Gasteiger partial charge on any atom is 0.360 e. The number of hydrogen-bond acceptors (Lipinski definition) is 5. The molecule has 19 heavy (non-hydrogen) atoms. The van der Waals surface area contributed by atoms with Crippen LogP contribution in [0.5, 0.6) is 0 Å². The highest BCUT2D eigenvalue weighted by molar-refractivity contribution is 5.92. The molecule has 1 aliphatic heterocycles. The summed E-state index contributed by atoms with van der Waals surface area (Å²) in [7, 11) is 2.12. The summed E-state index contributed by atoms with van der Waals surface area (Å²) in [5.74, 6) is 0.449. The van der Waals surface area contributed by atoms with E-state index < -0.39 is 5.97 Å². The summed E-state index contributed by atoms with van der Waals surface area (Å²) < 4.78 is 6.87. The van der Waals surface area contributed by atoms with Gasteiger partial charge in [-0.1, -0.05) is 6.92 Å². The maximum atomic E-state index is 11.7. The van der Waals surface area contributed by atoms with Crippen LogP contribution in [0.3, 0.4) is 0 Å². The minimum atomic E-state index is -0.445. The number of anilines is 1. The zero-order valence-corrected chi connectivity index (χ0v) is 11.8. The molecule has 6 nitrogen and oxygen atoms in total. The number of ether oxygens (including phenoxy) is 1. The monoisotopic (exact) mass is 266 g/mol. The Bertz CT molecular complexity index is 457. The zero-order chi connectivity index (χ0) is 14.0. The molecule has 0 saturated carbocycles. The van der Waals surface area contributed by atoms with Crippen molar-refractivity contribution >= 4 is 11.8 Å². The van der Waals surface area contributed by atoms with Gasteiger partial charge in [0, 0.05) is 12.6 Å². The van der Waals surface area contributed by atoms with Gasteiger partial charge in [-0.15, -0.1) is 0 Å². The van der Waals surface area contributed by atoms with Crippen molar-refractivity contribution in [3.63, 3.8) is 0 Å². The standard InChI is InChI=1S/C13H22N4O2/c1-4-19-13(18)11-12(14)17(8-15-11)10-5-6-16(3)7-9(10)2/h8-10H,4-7,14H2,1-3H3. The summed E-state index contributed by atoms with van der Waals surface area (Å²) in [6.07, 6.45) is 2.68. The van der Waals surface area contributed by atoms with Crippen LogP contribution in [0.4, 0.5) is 5.82 Å². The van der Waals surface area contributed by atoms with E-state index in [9.17, 15) is 4.79 Å². The maximum absolute atomic E-state index is 11.7. The lowest BCUT2D eigenvalue weighted by Gasteiger charge is -2.35. The van der Waals surface area contributed by atoms with Gasteiger partial charge < -0.3 is 19.9 Å². The Kier molecular flexibility index (Phi) is 4.09. The second kappa shape index (κ2) is 5.61. The van der Waals surface area contributed by atoms with Crippen molar-refractivity contribution in [1.82, 2.24) is 14.5 Å². The fourth-order valence-corrected chi connectivity index (χ4v) is 2.75. The van der Waals surface area contributed by atoms with E-state index in [1.165, 1.54) is 0 Å². The highest BCUT2D eigenvalue weighted by Gasteiger charge is 2.28. The molecular formula is C13H22N4O2. The Morgan fingerprint density at radius 1 is 1.63 bits per heavy atom. The van der Waals surface area contributed by atoms with Crippen molar-refractivity contribution in [3.8, 4) is 0 Å². The molecule has 0 aromatic carbocycles. The lowest BCUT2D eigenvalue weighted by atomic mass is 9.94. The van der Waals surface area contributed by atoms with Crippen LogP contribution in [0.25, 0.3) is 0 Å². The van der Waals surface area contributed by atoms with Gasteiger partial charge in [-0.3, -0.25) is 0 Å². The average molecular weight is 266 g/mol. The van der Waals surface area contributed by atoms with Crippen LogP contribution >= 0.6 is 0 Å². The summed E-state index contributed by atoms with van der Waals surface area (Å²) in [5, 5.41) is 0. The van der Waals surface area contributed by atoms with Crippen molar-refractivity contribution in [2.24, 2.45) is 5.92 Å². The number of aromatic nitrogens is 2. The van der Waals surface area contributed by atoms with Crippen LogP contribution in [-0.4, -0.2) is 47.2 Å². The van der Waals surface area contributed by atoms with Gasteiger partial charge in [0.25, 0.3) is 0 Å². The molecule has 2 N–H and O–H groups in total. The van der Waals surface area contributed by atoms with Gasteiger partial charge in [0.2, 0.25) is 0 Å². The third kappa shape index (κ3) is 2.73. The second-order valence-corrected chi connectivity index (χ2v) is 5.20. The number of piperidine rings is 1. The molecule has 0 spiro atoms. The van der Waals surface area contributed by atoms with Gasteiger partial charge in [0.05, 0.1) is 12.9 Å². The van der Waals surface area contributed by atoms with Crippen molar-refractivity contribution in [3.05, 3.63) is 12.0 Å². The molecule has 1 aromatic heterocycles. The Morgan fingerprint density at radius 2 is 2.37 bits per heavy atom. The first kappa shape index (κ1) is 13.9. The normalized spacial score (nSPS) is 24.4. The molecule has 0 amide bonds. The number of rotatable bonds is 3. The average Bonchev–Trinajstić information content (AvgIpc) is 2.72. The van der Waals surface area contributed by atoms with Gasteiger partial charge >= 0.3 is 5.97 Å². The first-order valence-corrected chi connectivity index (χ1v) is 6.72. The largest absolute Gasteiger partial charge is 0.461 e. The number of hydrogen-bond donors (Lipinski definition) is 1. The molecule has 6 heteroatoms. The number of carbonyl (C=O) groups excluding carboxylic acids is 1. The molecule has 1 aromatic rings. The number of nitrogens with two attached hydrogens (primary N) is 1. The Labute approximate surface area is 113 Å². The molecular weight excluding hydrogens is 244 g/mol. The molecule has 2 unspecified atom stereocenters. The summed E-state index contributed by atoms with van der Waals surface area (Å²) in [5.41, 5.74) is 6.28. The minimum absolute atomic E-state index is 0.230. The predicted molar refractivity (Wildman–Crippen MR) is 72.9 cm³/mol. The second-order valence-electron chi connectivity index (χ2n) is 5.20. The van der Waals surface area contributed by atoms with Crippen molar-refractivity contribution in [2.45, 2.75) is 26.3 Å². The van der Waals surface area contributed by atoms with E-state index in [2.05, 4.69) is 23.9 Å². The molecule has 106 valence electrons. The zero-order valence-electron chi connectivity index (χ0n) is 11.8. The summed E-state index contributed by atoms with van der Waals surface area (Å²) in [4.78, 5) is 18.1. The Hall–Kier alpha value is -1.56. The van der Waals surface area contributed by atoms with E-state index in [1.807, 2.05) is 4.57 Å². The topological polar surface area (TPSA) is 73.4 Å². The number of imidazole rings is 1. The van der Waals surface area contributed by atoms with Crippen LogP contribution in [0.15, 0.2) is 6.33 Å². The Balaban J connectivity index is 2.20. The van der Waals surface area contributed by atoms with Crippen LogP contribution < -0.4 is 5.73 Å². The third-order valence-electron chi connectivity index (χ3n) is 3.72. The van der Waals surface area contributed by atoms with Crippen LogP contribution in [0.2, 0.25) is 0 Å². The quantitative estimate of drug-likeness (QED) is 0.831. The van der Waals surface area contributed by atoms with Gasteiger partial charge in [-0.2, -0.15) is 0 Å². The van der Waals surface area contributed by atoms with Crippen molar-refractivity contribution in [1.29, 1.82) is 0 Å². The smallest absolute Gasteiger partial charge is 0.360 e. The molecule has 0 radical (unpaired) electrons. The summed E-state index contributed by atoms with van der Waals surface area (Å²) >= 11 is 0. The number of nitrogen functional groups attached to an aromatic ring is 1. The van der Waals surface area contributed by atoms with E-state index in [-0.39, 0.29) is 5.69 Å². The number of carbonyl (C=O) groups is 1. The molecule has 1 saturated heterocycles. The highest BCUT2D eigenvalue weighted by Crippen LogP contribution is 2.30. The third-order valence-corrected chi connectivity index (χ3v) is 3.72. The molecule has 2 heterocycles. The first-order chi connectivity index (χ1) is 9.04. The lowest BCUT2D eigenvalue weighted by Crippen LogP contribution is -2.38. The SMILES string of the molecule is CCOC(=O)c1ncn(C2CCN(C)CC2C)c1N. The molecule has 2 rings (SSSR count). The van der Waals surface area contributed by atoms with E-state index in [0.29, 0.717) is 24.4 Å². The van der Waals surface area contributed by atoms with Crippen LogP contribution in [0, 0.1) is 5.92 Å². The van der Waals surface area contributed by atoms with E-state index in [0.717, 1.165) is 19.5 Å². The number of nitrogens with zero attached hydrogens (tertiary/aromatic N) is 3. The van der Waals surface area contributed by atoms with E-state index in [4.69, 9.17) is 10.5 Å². The van der Waals surface area contributed by atoms with E-state index >= 15 is 0 Å². The lowest BCUT2D eigenvalue weighted by molar-refractivity contribution is 0.0521. The molecule has 2 atom stereocenters. The Morgan fingerprint density at radius 3 is 3.00 bits per heavy atom.